The summed E-state index contributed by atoms with van der Waals surface area (Å²) in [6.07, 6.45) is 5.79. The van der Waals surface area contributed by atoms with E-state index < -0.39 is 11.4 Å². The number of nitrogens with zero attached hydrogens (tertiary/aromatic N) is 2. The van der Waals surface area contributed by atoms with Gasteiger partial charge in [0.05, 0.1) is 17.7 Å². The molecule has 1 unspecified atom stereocenters. The number of carbonyl (C=O) groups is 2. The highest BCUT2D eigenvalue weighted by molar-refractivity contribution is 5.80. The van der Waals surface area contributed by atoms with Crippen LogP contribution in [0.3, 0.4) is 0 Å². The number of aromatic nitrogens is 1. The molecule has 0 spiro atoms. The molecule has 2 aliphatic rings. The molecule has 7 heteroatoms. The molecule has 0 radical (unpaired) electrons. The first-order valence-corrected chi connectivity index (χ1v) is 9.94. The van der Waals surface area contributed by atoms with Crippen LogP contribution < -0.4 is 10.1 Å². The molecule has 2 fully saturated rings. The molecule has 0 bridgehead atoms. The van der Waals surface area contributed by atoms with E-state index in [1.54, 1.807) is 17.3 Å². The Morgan fingerprint density at radius 1 is 1.28 bits per heavy atom. The molecule has 2 N–H and O–H groups in total. The van der Waals surface area contributed by atoms with E-state index in [0.717, 1.165) is 18.4 Å². The maximum atomic E-state index is 12.7. The van der Waals surface area contributed by atoms with Crippen LogP contribution in [0.5, 0.6) is 11.5 Å². The van der Waals surface area contributed by atoms with Crippen LogP contribution in [-0.2, 0) is 4.79 Å². The van der Waals surface area contributed by atoms with Crippen molar-refractivity contribution in [2.24, 2.45) is 11.3 Å². The van der Waals surface area contributed by atoms with E-state index in [9.17, 15) is 14.7 Å². The molecule has 2 amide bonds. The van der Waals surface area contributed by atoms with Crippen LogP contribution in [0.25, 0.3) is 0 Å². The Labute approximate surface area is 169 Å². The third kappa shape index (κ3) is 3.77. The number of aliphatic carboxylic acids is 1. The molecular weight excluding hydrogens is 370 g/mol. The molecule has 7 nitrogen and oxygen atoms in total. The minimum Gasteiger partial charge on any atom is -0.481 e. The van der Waals surface area contributed by atoms with E-state index in [4.69, 9.17) is 4.74 Å². The summed E-state index contributed by atoms with van der Waals surface area (Å²) in [5, 5.41) is 12.7. The number of likely N-dealkylation sites (tertiary alicyclic amines) is 1. The van der Waals surface area contributed by atoms with Gasteiger partial charge >= 0.3 is 12.0 Å². The Morgan fingerprint density at radius 3 is 2.72 bits per heavy atom. The minimum atomic E-state index is -0.771. The maximum absolute atomic E-state index is 12.7. The number of amides is 2. The first kappa shape index (κ1) is 19.2. The lowest BCUT2D eigenvalue weighted by atomic mass is 9.81. The third-order valence-corrected chi connectivity index (χ3v) is 6.17. The average Bonchev–Trinajstić information content (AvgIpc) is 3.28. The number of pyridine rings is 1. The molecule has 1 aliphatic carbocycles. The summed E-state index contributed by atoms with van der Waals surface area (Å²) in [7, 11) is 0. The van der Waals surface area contributed by atoms with Crippen molar-refractivity contribution >= 4 is 12.0 Å². The maximum Gasteiger partial charge on any atom is 0.317 e. The van der Waals surface area contributed by atoms with Crippen molar-refractivity contribution in [3.05, 3.63) is 54.4 Å². The smallest absolute Gasteiger partial charge is 0.317 e. The van der Waals surface area contributed by atoms with Crippen molar-refractivity contribution in [2.45, 2.75) is 32.2 Å². The second-order valence-corrected chi connectivity index (χ2v) is 7.96. The SMILES string of the molecule is CC(NC(=O)N1C[C@@H]2CCC[C@@]2(C(=O)O)C1)c1ccc(Oc2cccnc2)cc1. The summed E-state index contributed by atoms with van der Waals surface area (Å²) in [4.78, 5) is 30.2. The number of fused-ring (bicyclic) bond motifs is 1. The predicted molar refractivity (Wildman–Crippen MR) is 107 cm³/mol. The van der Waals surface area contributed by atoms with Crippen molar-refractivity contribution in [1.29, 1.82) is 0 Å². The lowest BCUT2D eigenvalue weighted by Gasteiger charge is -2.24. The number of urea groups is 1. The number of carboxylic acid groups (broad SMARTS) is 1. The van der Waals surface area contributed by atoms with Crippen molar-refractivity contribution in [1.82, 2.24) is 15.2 Å². The quantitative estimate of drug-likeness (QED) is 0.803. The van der Waals surface area contributed by atoms with Crippen LogP contribution in [0.15, 0.2) is 48.8 Å². The Balaban J connectivity index is 1.36. The highest BCUT2D eigenvalue weighted by atomic mass is 16.5. The zero-order chi connectivity index (χ0) is 20.4. The van der Waals surface area contributed by atoms with Crippen LogP contribution >= 0.6 is 0 Å². The normalized spacial score (nSPS) is 24.0. The molecular formula is C22H25N3O4. The number of hydrogen-bond acceptors (Lipinski definition) is 4. The fourth-order valence-corrected chi connectivity index (χ4v) is 4.52. The van der Waals surface area contributed by atoms with E-state index in [2.05, 4.69) is 10.3 Å². The number of ether oxygens (including phenoxy) is 1. The van der Waals surface area contributed by atoms with Gasteiger partial charge < -0.3 is 20.1 Å². The van der Waals surface area contributed by atoms with E-state index >= 15 is 0 Å². The molecule has 2 heterocycles. The molecule has 1 saturated heterocycles. The van der Waals surface area contributed by atoms with Gasteiger partial charge in [-0.25, -0.2) is 4.79 Å². The fourth-order valence-electron chi connectivity index (χ4n) is 4.52. The minimum absolute atomic E-state index is 0.0602. The van der Waals surface area contributed by atoms with Crippen LogP contribution in [0, 0.1) is 11.3 Å². The topological polar surface area (TPSA) is 91.8 Å². The van der Waals surface area contributed by atoms with Crippen LogP contribution in [-0.4, -0.2) is 40.1 Å². The molecule has 1 aromatic heterocycles. The second kappa shape index (κ2) is 7.73. The number of carbonyl (C=O) groups excluding carboxylic acids is 1. The number of nitrogens with one attached hydrogen (secondary N) is 1. The van der Waals surface area contributed by atoms with Gasteiger partial charge in [0.1, 0.15) is 11.5 Å². The van der Waals surface area contributed by atoms with Crippen LogP contribution in [0.1, 0.15) is 37.8 Å². The van der Waals surface area contributed by atoms with Gasteiger partial charge in [0.2, 0.25) is 0 Å². The summed E-state index contributed by atoms with van der Waals surface area (Å²) in [5.41, 5.74) is 0.190. The van der Waals surface area contributed by atoms with Crippen LogP contribution in [0.2, 0.25) is 0 Å². The summed E-state index contributed by atoms with van der Waals surface area (Å²) < 4.78 is 5.74. The molecule has 29 heavy (non-hydrogen) atoms. The van der Waals surface area contributed by atoms with E-state index in [1.165, 1.54) is 0 Å². The molecule has 4 rings (SSSR count). The van der Waals surface area contributed by atoms with Crippen molar-refractivity contribution < 1.29 is 19.4 Å². The van der Waals surface area contributed by atoms with Crippen LogP contribution in [0.4, 0.5) is 4.79 Å². The van der Waals surface area contributed by atoms with Gasteiger partial charge in [-0.1, -0.05) is 18.6 Å². The third-order valence-electron chi connectivity index (χ3n) is 6.17. The summed E-state index contributed by atoms with van der Waals surface area (Å²) in [5.74, 6) is 0.641. The standard InChI is InChI=1S/C22H25N3O4/c1-15(16-6-8-18(9-7-16)29-19-5-3-11-23-12-19)24-21(28)25-13-17-4-2-10-22(17,14-25)20(26)27/h3,5-9,11-12,15,17H,2,4,10,13-14H2,1H3,(H,24,28)(H,26,27)/t15?,17-,22+/m0/s1. The van der Waals surface area contributed by atoms with Gasteiger partial charge in [0.15, 0.2) is 0 Å². The predicted octanol–water partition coefficient (Wildman–Crippen LogP) is 3.83. The van der Waals surface area contributed by atoms with E-state index in [-0.39, 0.29) is 18.0 Å². The first-order valence-electron chi connectivity index (χ1n) is 9.94. The lowest BCUT2D eigenvalue weighted by Crippen LogP contribution is -2.42. The fraction of sp³-hybridized carbons (Fsp3) is 0.409. The zero-order valence-electron chi connectivity index (χ0n) is 16.4. The second-order valence-electron chi connectivity index (χ2n) is 7.96. The molecule has 2 aromatic rings. The summed E-state index contributed by atoms with van der Waals surface area (Å²) in [6.45, 7) is 2.73. The van der Waals surface area contributed by atoms with Gasteiger partial charge in [0.25, 0.3) is 0 Å². The summed E-state index contributed by atoms with van der Waals surface area (Å²) >= 11 is 0. The van der Waals surface area contributed by atoms with Crippen molar-refractivity contribution in [2.75, 3.05) is 13.1 Å². The highest BCUT2D eigenvalue weighted by Crippen LogP contribution is 2.48. The Hall–Kier alpha value is -3.09. The van der Waals surface area contributed by atoms with E-state index in [1.807, 2.05) is 43.3 Å². The van der Waals surface area contributed by atoms with Gasteiger partial charge in [-0.15, -0.1) is 0 Å². The largest absolute Gasteiger partial charge is 0.481 e. The highest BCUT2D eigenvalue weighted by Gasteiger charge is 2.55. The monoisotopic (exact) mass is 395 g/mol. The molecule has 152 valence electrons. The molecule has 1 aliphatic heterocycles. The summed E-state index contributed by atoms with van der Waals surface area (Å²) in [6, 6.07) is 10.8. The van der Waals surface area contributed by atoms with E-state index in [0.29, 0.717) is 31.0 Å². The number of carboxylic acids is 1. The van der Waals surface area contributed by atoms with Gasteiger partial charge in [-0.05, 0) is 55.5 Å². The first-order chi connectivity index (χ1) is 14.0. The Morgan fingerprint density at radius 2 is 2.07 bits per heavy atom. The zero-order valence-corrected chi connectivity index (χ0v) is 16.4. The number of rotatable bonds is 5. The number of benzene rings is 1. The Kier molecular flexibility index (Phi) is 5.13. The van der Waals surface area contributed by atoms with Gasteiger partial charge in [0, 0.05) is 19.3 Å². The lowest BCUT2D eigenvalue weighted by molar-refractivity contribution is -0.149. The Bertz CT molecular complexity index is 887. The molecule has 1 aromatic carbocycles. The number of hydrogen-bond donors (Lipinski definition) is 2. The van der Waals surface area contributed by atoms with Crippen molar-refractivity contribution in [3.8, 4) is 11.5 Å². The van der Waals surface area contributed by atoms with Gasteiger partial charge in [-0.3, -0.25) is 9.78 Å². The molecule has 3 atom stereocenters. The molecule has 1 saturated carbocycles. The van der Waals surface area contributed by atoms with Crippen molar-refractivity contribution in [3.63, 3.8) is 0 Å². The van der Waals surface area contributed by atoms with Gasteiger partial charge in [-0.2, -0.15) is 0 Å². The average molecular weight is 395 g/mol.